The fourth-order valence-corrected chi connectivity index (χ4v) is 1.70. The van der Waals surface area contributed by atoms with Crippen molar-refractivity contribution < 1.29 is 4.79 Å². The first-order valence-corrected chi connectivity index (χ1v) is 5.48. The number of aryl methyl sites for hydroxylation is 1. The van der Waals surface area contributed by atoms with Gasteiger partial charge in [-0.15, -0.1) is 0 Å². The normalized spacial score (nSPS) is 10.7. The molecule has 0 atom stereocenters. The van der Waals surface area contributed by atoms with Crippen LogP contribution >= 0.6 is 0 Å². The van der Waals surface area contributed by atoms with E-state index in [1.165, 1.54) is 0 Å². The highest BCUT2D eigenvalue weighted by Crippen LogP contribution is 2.16. The third kappa shape index (κ3) is 2.38. The van der Waals surface area contributed by atoms with Crippen LogP contribution in [0.3, 0.4) is 0 Å². The highest BCUT2D eigenvalue weighted by atomic mass is 16.2. The minimum Gasteiger partial charge on any atom is -0.399 e. The molecular formula is C12H16N4O. The van der Waals surface area contributed by atoms with Crippen LogP contribution in [-0.4, -0.2) is 34.5 Å². The smallest absolute Gasteiger partial charge is 0.223 e. The molecule has 0 aliphatic carbocycles. The van der Waals surface area contributed by atoms with Gasteiger partial charge in [-0.25, -0.2) is 4.98 Å². The summed E-state index contributed by atoms with van der Waals surface area (Å²) in [6, 6.07) is 5.60. The van der Waals surface area contributed by atoms with Gasteiger partial charge in [0.05, 0.1) is 17.4 Å². The predicted octanol–water partition coefficient (Wildman–Crippen LogP) is 1.10. The highest BCUT2D eigenvalue weighted by molar-refractivity contribution is 5.79. The summed E-state index contributed by atoms with van der Waals surface area (Å²) in [7, 11) is 3.52. The molecular weight excluding hydrogens is 216 g/mol. The fourth-order valence-electron chi connectivity index (χ4n) is 1.70. The molecule has 0 bridgehead atoms. The third-order valence-electron chi connectivity index (χ3n) is 2.71. The van der Waals surface area contributed by atoms with Crippen LogP contribution in [0.2, 0.25) is 0 Å². The SMILES string of the molecule is CN(C)C(=O)CCn1cnc2cc(N)ccc21. The summed E-state index contributed by atoms with van der Waals surface area (Å²) in [5, 5.41) is 0. The Labute approximate surface area is 99.8 Å². The summed E-state index contributed by atoms with van der Waals surface area (Å²) < 4.78 is 1.97. The summed E-state index contributed by atoms with van der Waals surface area (Å²) in [5.41, 5.74) is 8.25. The van der Waals surface area contributed by atoms with Crippen LogP contribution < -0.4 is 5.73 Å². The summed E-state index contributed by atoms with van der Waals surface area (Å²) in [4.78, 5) is 17.4. The quantitative estimate of drug-likeness (QED) is 0.806. The van der Waals surface area contributed by atoms with Crippen molar-refractivity contribution in [3.63, 3.8) is 0 Å². The van der Waals surface area contributed by atoms with Crippen LogP contribution in [0.15, 0.2) is 24.5 Å². The number of anilines is 1. The molecule has 0 spiro atoms. The number of nitrogens with zero attached hydrogens (tertiary/aromatic N) is 3. The molecule has 17 heavy (non-hydrogen) atoms. The van der Waals surface area contributed by atoms with Gasteiger partial charge in [-0.3, -0.25) is 4.79 Å². The molecule has 0 saturated carbocycles. The third-order valence-corrected chi connectivity index (χ3v) is 2.71. The first-order valence-electron chi connectivity index (χ1n) is 5.48. The molecule has 5 heteroatoms. The lowest BCUT2D eigenvalue weighted by atomic mass is 10.3. The van der Waals surface area contributed by atoms with Crippen molar-refractivity contribution >= 4 is 22.6 Å². The standard InChI is InChI=1S/C12H16N4O/c1-15(2)12(17)5-6-16-8-14-10-7-9(13)3-4-11(10)16/h3-4,7-8H,5-6,13H2,1-2H3. The molecule has 1 heterocycles. The maximum atomic E-state index is 11.5. The van der Waals surface area contributed by atoms with Gasteiger partial charge in [0.25, 0.3) is 0 Å². The van der Waals surface area contributed by atoms with Gasteiger partial charge >= 0.3 is 0 Å². The molecule has 90 valence electrons. The Bertz CT molecular complexity index is 544. The van der Waals surface area contributed by atoms with E-state index in [4.69, 9.17) is 5.73 Å². The number of imidazole rings is 1. The van der Waals surface area contributed by atoms with E-state index in [1.807, 2.05) is 22.8 Å². The maximum absolute atomic E-state index is 11.5. The number of carbonyl (C=O) groups is 1. The van der Waals surface area contributed by atoms with E-state index < -0.39 is 0 Å². The monoisotopic (exact) mass is 232 g/mol. The minimum atomic E-state index is 0.113. The van der Waals surface area contributed by atoms with E-state index in [2.05, 4.69) is 4.98 Å². The number of hydrogen-bond donors (Lipinski definition) is 1. The Balaban J connectivity index is 2.17. The first-order chi connectivity index (χ1) is 8.08. The zero-order valence-electron chi connectivity index (χ0n) is 10.1. The highest BCUT2D eigenvalue weighted by Gasteiger charge is 2.07. The van der Waals surface area contributed by atoms with E-state index in [9.17, 15) is 4.79 Å². The molecule has 0 saturated heterocycles. The van der Waals surface area contributed by atoms with Crippen LogP contribution in [0.5, 0.6) is 0 Å². The predicted molar refractivity (Wildman–Crippen MR) is 67.5 cm³/mol. The molecule has 1 aromatic heterocycles. The number of benzene rings is 1. The van der Waals surface area contributed by atoms with Crippen molar-refractivity contribution in [1.82, 2.24) is 14.5 Å². The van der Waals surface area contributed by atoms with E-state index >= 15 is 0 Å². The number of fused-ring (bicyclic) bond motifs is 1. The van der Waals surface area contributed by atoms with Crippen molar-refractivity contribution in [2.75, 3.05) is 19.8 Å². The summed E-state index contributed by atoms with van der Waals surface area (Å²) in [5.74, 6) is 0.113. The number of amides is 1. The number of nitrogens with two attached hydrogens (primary N) is 1. The molecule has 2 aromatic rings. The minimum absolute atomic E-state index is 0.113. The second-order valence-electron chi connectivity index (χ2n) is 4.22. The number of hydrogen-bond acceptors (Lipinski definition) is 3. The van der Waals surface area contributed by atoms with Crippen LogP contribution in [0.1, 0.15) is 6.42 Å². The second-order valence-corrected chi connectivity index (χ2v) is 4.22. The van der Waals surface area contributed by atoms with Gasteiger partial charge in [-0.2, -0.15) is 0 Å². The first kappa shape index (κ1) is 11.4. The molecule has 1 amide bonds. The molecule has 0 radical (unpaired) electrons. The molecule has 0 aliphatic rings. The van der Waals surface area contributed by atoms with Gasteiger partial charge in [0.15, 0.2) is 0 Å². The van der Waals surface area contributed by atoms with Crippen LogP contribution in [0.25, 0.3) is 11.0 Å². The molecule has 0 aliphatic heterocycles. The molecule has 2 rings (SSSR count). The zero-order chi connectivity index (χ0) is 12.4. The van der Waals surface area contributed by atoms with E-state index in [1.54, 1.807) is 25.3 Å². The molecule has 5 nitrogen and oxygen atoms in total. The van der Waals surface area contributed by atoms with Gasteiger partial charge in [0.1, 0.15) is 0 Å². The molecule has 2 N–H and O–H groups in total. The van der Waals surface area contributed by atoms with E-state index in [0.717, 1.165) is 11.0 Å². The van der Waals surface area contributed by atoms with Gasteiger partial charge < -0.3 is 15.2 Å². The number of carbonyl (C=O) groups excluding carboxylic acids is 1. The topological polar surface area (TPSA) is 64.2 Å². The van der Waals surface area contributed by atoms with Crippen LogP contribution in [0.4, 0.5) is 5.69 Å². The van der Waals surface area contributed by atoms with E-state index in [0.29, 0.717) is 18.7 Å². The van der Waals surface area contributed by atoms with Crippen molar-refractivity contribution in [3.05, 3.63) is 24.5 Å². The number of aromatic nitrogens is 2. The Hall–Kier alpha value is -2.04. The van der Waals surface area contributed by atoms with E-state index in [-0.39, 0.29) is 5.91 Å². The Morgan fingerprint density at radius 3 is 2.94 bits per heavy atom. The zero-order valence-corrected chi connectivity index (χ0v) is 10.1. The Kier molecular flexibility index (Phi) is 2.99. The van der Waals surface area contributed by atoms with Crippen LogP contribution in [-0.2, 0) is 11.3 Å². The fraction of sp³-hybridized carbons (Fsp3) is 0.333. The van der Waals surface area contributed by atoms with Gasteiger partial charge in [0, 0.05) is 32.7 Å². The second kappa shape index (κ2) is 4.45. The number of nitrogen functional groups attached to an aromatic ring is 1. The molecule has 1 aromatic carbocycles. The summed E-state index contributed by atoms with van der Waals surface area (Å²) in [6.45, 7) is 0.636. The lowest BCUT2D eigenvalue weighted by molar-refractivity contribution is -0.128. The average molecular weight is 232 g/mol. The lowest BCUT2D eigenvalue weighted by Crippen LogP contribution is -2.22. The average Bonchev–Trinajstić information content (AvgIpc) is 2.67. The van der Waals surface area contributed by atoms with Gasteiger partial charge in [-0.1, -0.05) is 0 Å². The maximum Gasteiger partial charge on any atom is 0.223 e. The van der Waals surface area contributed by atoms with Crippen LogP contribution in [0, 0.1) is 0 Å². The molecule has 0 fully saturated rings. The Morgan fingerprint density at radius 2 is 2.24 bits per heavy atom. The van der Waals surface area contributed by atoms with Crippen molar-refractivity contribution in [3.8, 4) is 0 Å². The largest absolute Gasteiger partial charge is 0.399 e. The Morgan fingerprint density at radius 1 is 1.47 bits per heavy atom. The van der Waals surface area contributed by atoms with Crippen molar-refractivity contribution in [2.24, 2.45) is 0 Å². The van der Waals surface area contributed by atoms with Gasteiger partial charge in [-0.05, 0) is 18.2 Å². The number of rotatable bonds is 3. The van der Waals surface area contributed by atoms with Gasteiger partial charge in [0.2, 0.25) is 5.91 Å². The summed E-state index contributed by atoms with van der Waals surface area (Å²) >= 11 is 0. The lowest BCUT2D eigenvalue weighted by Gasteiger charge is -2.10. The van der Waals surface area contributed by atoms with Crippen molar-refractivity contribution in [1.29, 1.82) is 0 Å². The molecule has 0 unspecified atom stereocenters. The summed E-state index contributed by atoms with van der Waals surface area (Å²) in [6.07, 6.45) is 2.22. The van der Waals surface area contributed by atoms with Crippen molar-refractivity contribution in [2.45, 2.75) is 13.0 Å².